The molecule has 0 aliphatic rings. The molecule has 0 radical (unpaired) electrons. The molecule has 0 unspecified atom stereocenters. The minimum absolute atomic E-state index is 0.132. The standard InChI is InChI=1S/C19H25N3O3S/c1-14(2)17-9-5-7-15(3)19(17)22(26(4,24)25)13-18(23)21-12-16-8-6-10-20-11-16/h5-11,14H,12-13H2,1-4H3,(H,21,23). The number of nitrogens with one attached hydrogen (secondary N) is 1. The van der Waals surface area contributed by atoms with Gasteiger partial charge in [0.2, 0.25) is 15.9 Å². The number of hydrogen-bond donors (Lipinski definition) is 1. The average molecular weight is 375 g/mol. The van der Waals surface area contributed by atoms with E-state index in [4.69, 9.17) is 0 Å². The maximum absolute atomic E-state index is 12.4. The summed E-state index contributed by atoms with van der Waals surface area (Å²) in [5.74, 6) is -0.232. The Bertz CT molecular complexity index is 865. The van der Waals surface area contributed by atoms with Crippen LogP contribution in [0.5, 0.6) is 0 Å². The first-order chi connectivity index (χ1) is 12.2. The zero-order valence-electron chi connectivity index (χ0n) is 15.6. The molecule has 6 nitrogen and oxygen atoms in total. The van der Waals surface area contributed by atoms with E-state index >= 15 is 0 Å². The van der Waals surface area contributed by atoms with Crippen LogP contribution in [0.15, 0.2) is 42.7 Å². The largest absolute Gasteiger partial charge is 0.350 e. The number of hydrogen-bond acceptors (Lipinski definition) is 4. The van der Waals surface area contributed by atoms with Crippen molar-refractivity contribution in [2.24, 2.45) is 0 Å². The number of pyridine rings is 1. The maximum Gasteiger partial charge on any atom is 0.241 e. The van der Waals surface area contributed by atoms with Crippen LogP contribution >= 0.6 is 0 Å². The van der Waals surface area contributed by atoms with Crippen molar-refractivity contribution in [2.75, 3.05) is 17.1 Å². The summed E-state index contributed by atoms with van der Waals surface area (Å²) in [6.45, 7) is 5.90. The van der Waals surface area contributed by atoms with Crippen molar-refractivity contribution >= 4 is 21.6 Å². The molecule has 1 N–H and O–H groups in total. The van der Waals surface area contributed by atoms with Gasteiger partial charge in [0.1, 0.15) is 6.54 Å². The minimum atomic E-state index is -3.61. The monoisotopic (exact) mass is 375 g/mol. The second-order valence-electron chi connectivity index (χ2n) is 6.58. The van der Waals surface area contributed by atoms with Crippen LogP contribution in [0.4, 0.5) is 5.69 Å². The first kappa shape index (κ1) is 19.9. The van der Waals surface area contributed by atoms with E-state index in [9.17, 15) is 13.2 Å². The Balaban J connectivity index is 2.26. The summed E-state index contributed by atoms with van der Waals surface area (Å²) in [5, 5.41) is 2.75. The number of anilines is 1. The van der Waals surface area contributed by atoms with E-state index in [1.165, 1.54) is 4.31 Å². The number of amides is 1. The molecular weight excluding hydrogens is 350 g/mol. The Labute approximate surface area is 155 Å². The second-order valence-corrected chi connectivity index (χ2v) is 8.48. The Morgan fingerprint density at radius 2 is 1.96 bits per heavy atom. The summed E-state index contributed by atoms with van der Waals surface area (Å²) < 4.78 is 26.0. The quantitative estimate of drug-likeness (QED) is 0.807. The van der Waals surface area contributed by atoms with Crippen molar-refractivity contribution in [2.45, 2.75) is 33.2 Å². The predicted octanol–water partition coefficient (Wildman–Crippen LogP) is 2.60. The molecule has 2 aromatic rings. The molecule has 1 heterocycles. The van der Waals surface area contributed by atoms with Crippen LogP contribution in [0.3, 0.4) is 0 Å². The molecule has 0 saturated carbocycles. The van der Waals surface area contributed by atoms with Crippen molar-refractivity contribution in [3.8, 4) is 0 Å². The molecule has 1 aromatic carbocycles. The SMILES string of the molecule is Cc1cccc(C(C)C)c1N(CC(=O)NCc1cccnc1)S(C)(=O)=O. The molecule has 0 aliphatic carbocycles. The normalized spacial score (nSPS) is 11.4. The molecule has 0 bridgehead atoms. The van der Waals surface area contributed by atoms with Crippen molar-refractivity contribution < 1.29 is 13.2 Å². The van der Waals surface area contributed by atoms with Gasteiger partial charge in [-0.3, -0.25) is 14.1 Å². The molecule has 0 atom stereocenters. The Kier molecular flexibility index (Phi) is 6.37. The molecule has 2 rings (SSSR count). The van der Waals surface area contributed by atoms with E-state index in [1.54, 1.807) is 18.5 Å². The Morgan fingerprint density at radius 1 is 1.23 bits per heavy atom. The lowest BCUT2D eigenvalue weighted by Crippen LogP contribution is -2.41. The van der Waals surface area contributed by atoms with Crippen molar-refractivity contribution in [1.29, 1.82) is 0 Å². The summed E-state index contributed by atoms with van der Waals surface area (Å²) in [7, 11) is -3.61. The lowest BCUT2D eigenvalue weighted by Gasteiger charge is -2.27. The second kappa shape index (κ2) is 8.31. The van der Waals surface area contributed by atoms with Crippen LogP contribution in [0, 0.1) is 6.92 Å². The molecule has 0 fully saturated rings. The van der Waals surface area contributed by atoms with Gasteiger partial charge >= 0.3 is 0 Å². The third-order valence-corrected chi connectivity index (χ3v) is 5.15. The van der Waals surface area contributed by atoms with Crippen LogP contribution in [0.25, 0.3) is 0 Å². The predicted molar refractivity (Wildman–Crippen MR) is 104 cm³/mol. The number of nitrogens with zero attached hydrogens (tertiary/aromatic N) is 2. The number of benzene rings is 1. The van der Waals surface area contributed by atoms with Crippen molar-refractivity contribution in [3.05, 3.63) is 59.4 Å². The number of aryl methyl sites for hydroxylation is 1. The average Bonchev–Trinajstić information content (AvgIpc) is 2.58. The molecule has 0 spiro atoms. The van der Waals surface area contributed by atoms with Gasteiger partial charge in [-0.1, -0.05) is 38.1 Å². The zero-order chi connectivity index (χ0) is 19.3. The fraction of sp³-hybridized carbons (Fsp3) is 0.368. The van der Waals surface area contributed by atoms with E-state index in [1.807, 2.05) is 45.0 Å². The molecule has 26 heavy (non-hydrogen) atoms. The fourth-order valence-corrected chi connectivity index (χ4v) is 3.67. The van der Waals surface area contributed by atoms with Crippen LogP contribution in [-0.2, 0) is 21.4 Å². The highest BCUT2D eigenvalue weighted by molar-refractivity contribution is 7.92. The van der Waals surface area contributed by atoms with Crippen LogP contribution in [-0.4, -0.2) is 32.1 Å². The van der Waals surface area contributed by atoms with Gasteiger partial charge in [0.05, 0.1) is 11.9 Å². The number of carbonyl (C=O) groups is 1. The highest BCUT2D eigenvalue weighted by Crippen LogP contribution is 2.32. The first-order valence-corrected chi connectivity index (χ1v) is 10.3. The maximum atomic E-state index is 12.4. The number of aromatic nitrogens is 1. The molecule has 1 aromatic heterocycles. The lowest BCUT2D eigenvalue weighted by atomic mass is 9.98. The van der Waals surface area contributed by atoms with Crippen molar-refractivity contribution in [3.63, 3.8) is 0 Å². The molecule has 140 valence electrons. The highest BCUT2D eigenvalue weighted by Gasteiger charge is 2.25. The summed E-state index contributed by atoms with van der Waals surface area (Å²) in [6.07, 6.45) is 4.44. The molecule has 7 heteroatoms. The van der Waals surface area contributed by atoms with Gasteiger partial charge < -0.3 is 5.32 Å². The number of carbonyl (C=O) groups excluding carboxylic acids is 1. The number of rotatable bonds is 7. The van der Waals surface area contributed by atoms with Crippen LogP contribution < -0.4 is 9.62 Å². The smallest absolute Gasteiger partial charge is 0.241 e. The molecular formula is C19H25N3O3S. The van der Waals surface area contributed by atoms with Gasteiger partial charge in [-0.2, -0.15) is 0 Å². The van der Waals surface area contributed by atoms with Crippen LogP contribution in [0.1, 0.15) is 36.5 Å². The van der Waals surface area contributed by atoms with Gasteiger partial charge in [-0.05, 0) is 35.6 Å². The van der Waals surface area contributed by atoms with Gasteiger partial charge in [-0.15, -0.1) is 0 Å². The van der Waals surface area contributed by atoms with Gasteiger partial charge in [0, 0.05) is 18.9 Å². The summed E-state index contributed by atoms with van der Waals surface area (Å²) in [5.41, 5.74) is 3.16. The third-order valence-electron chi connectivity index (χ3n) is 4.04. The molecule has 0 aliphatic heterocycles. The van der Waals surface area contributed by atoms with E-state index in [0.29, 0.717) is 12.2 Å². The number of para-hydroxylation sites is 1. The Hall–Kier alpha value is -2.41. The molecule has 0 saturated heterocycles. The van der Waals surface area contributed by atoms with Crippen LogP contribution in [0.2, 0.25) is 0 Å². The summed E-state index contributed by atoms with van der Waals surface area (Å²) in [6, 6.07) is 9.29. The summed E-state index contributed by atoms with van der Waals surface area (Å²) >= 11 is 0. The number of sulfonamides is 1. The first-order valence-electron chi connectivity index (χ1n) is 8.43. The van der Waals surface area contributed by atoms with E-state index in [2.05, 4.69) is 10.3 Å². The summed E-state index contributed by atoms with van der Waals surface area (Å²) in [4.78, 5) is 16.4. The van der Waals surface area contributed by atoms with Crippen molar-refractivity contribution in [1.82, 2.24) is 10.3 Å². The fourth-order valence-electron chi connectivity index (χ4n) is 2.74. The molecule has 1 amide bonds. The van der Waals surface area contributed by atoms with E-state index < -0.39 is 10.0 Å². The zero-order valence-corrected chi connectivity index (χ0v) is 16.4. The van der Waals surface area contributed by atoms with Gasteiger partial charge in [0.15, 0.2) is 0 Å². The van der Waals surface area contributed by atoms with Gasteiger partial charge in [0.25, 0.3) is 0 Å². The topological polar surface area (TPSA) is 79.4 Å². The third kappa shape index (κ3) is 5.05. The lowest BCUT2D eigenvalue weighted by molar-refractivity contribution is -0.119. The highest BCUT2D eigenvalue weighted by atomic mass is 32.2. The van der Waals surface area contributed by atoms with E-state index in [0.717, 1.165) is 22.9 Å². The van der Waals surface area contributed by atoms with E-state index in [-0.39, 0.29) is 18.4 Å². The van der Waals surface area contributed by atoms with Gasteiger partial charge in [-0.25, -0.2) is 8.42 Å². The minimum Gasteiger partial charge on any atom is -0.350 e. The Morgan fingerprint density at radius 3 is 2.54 bits per heavy atom.